The van der Waals surface area contributed by atoms with E-state index in [-0.39, 0.29) is 0 Å². The maximum absolute atomic E-state index is 2.38. The molecular formula is C29H30. The zero-order chi connectivity index (χ0) is 19.5. The van der Waals surface area contributed by atoms with Crippen molar-refractivity contribution >= 4 is 6.08 Å². The molecule has 3 aromatic rings. The minimum atomic E-state index is 1.19. The molecule has 0 spiro atoms. The molecule has 0 heteroatoms. The molecule has 0 saturated carbocycles. The molecule has 0 unspecified atom stereocenters. The average molecular weight is 379 g/mol. The molecule has 0 heterocycles. The molecule has 0 amide bonds. The van der Waals surface area contributed by atoms with Crippen LogP contribution in [0, 0.1) is 0 Å². The summed E-state index contributed by atoms with van der Waals surface area (Å²) in [7, 11) is 0. The van der Waals surface area contributed by atoms with Gasteiger partial charge in [0.05, 0.1) is 0 Å². The first kappa shape index (κ1) is 18.4. The third kappa shape index (κ3) is 3.81. The van der Waals surface area contributed by atoms with Gasteiger partial charge in [-0.05, 0) is 95.9 Å². The van der Waals surface area contributed by atoms with E-state index in [9.17, 15) is 0 Å². The van der Waals surface area contributed by atoms with Crippen molar-refractivity contribution < 1.29 is 0 Å². The fourth-order valence-corrected chi connectivity index (χ4v) is 5.27. The van der Waals surface area contributed by atoms with E-state index in [1.807, 2.05) is 0 Å². The van der Waals surface area contributed by atoms with Crippen LogP contribution in [0.15, 0.2) is 66.7 Å². The monoisotopic (exact) mass is 378 g/mol. The minimum absolute atomic E-state index is 1.19. The van der Waals surface area contributed by atoms with Gasteiger partial charge in [0, 0.05) is 0 Å². The number of aryl methyl sites for hydroxylation is 2. The lowest BCUT2D eigenvalue weighted by atomic mass is 9.78. The van der Waals surface area contributed by atoms with Crippen LogP contribution >= 0.6 is 0 Å². The van der Waals surface area contributed by atoms with Crippen LogP contribution in [0.25, 0.3) is 17.2 Å². The molecule has 0 bridgehead atoms. The summed E-state index contributed by atoms with van der Waals surface area (Å²) in [4.78, 5) is 0. The number of hydrogen-bond acceptors (Lipinski definition) is 0. The van der Waals surface area contributed by atoms with Crippen LogP contribution in [-0.4, -0.2) is 0 Å². The maximum Gasteiger partial charge on any atom is -0.0146 e. The van der Waals surface area contributed by atoms with Crippen molar-refractivity contribution in [1.82, 2.24) is 0 Å². The quantitative estimate of drug-likeness (QED) is 0.393. The number of fused-ring (bicyclic) bond motifs is 5. The van der Waals surface area contributed by atoms with Gasteiger partial charge >= 0.3 is 0 Å². The van der Waals surface area contributed by atoms with Crippen LogP contribution in [0.3, 0.4) is 0 Å². The fraction of sp³-hybridized carbons (Fsp3) is 0.310. The number of hydrogen-bond donors (Lipinski definition) is 0. The van der Waals surface area contributed by atoms with Gasteiger partial charge in [-0.3, -0.25) is 0 Å². The Kier molecular flexibility index (Phi) is 5.35. The largest absolute Gasteiger partial charge is 0.0836 e. The van der Waals surface area contributed by atoms with Crippen LogP contribution in [0.1, 0.15) is 59.1 Å². The molecule has 2 aliphatic carbocycles. The molecule has 0 aliphatic heterocycles. The predicted octanol–water partition coefficient (Wildman–Crippen LogP) is 7.37. The highest BCUT2D eigenvalue weighted by Gasteiger charge is 2.22. The molecular weight excluding hydrogens is 348 g/mol. The molecule has 3 aromatic carbocycles. The van der Waals surface area contributed by atoms with Gasteiger partial charge in [-0.15, -0.1) is 0 Å². The average Bonchev–Trinajstić information content (AvgIpc) is 2.79. The molecule has 0 fully saturated rings. The van der Waals surface area contributed by atoms with E-state index < -0.39 is 0 Å². The lowest BCUT2D eigenvalue weighted by molar-refractivity contribution is 0.675. The Hall–Kier alpha value is -2.60. The van der Waals surface area contributed by atoms with Crippen LogP contribution in [0.4, 0.5) is 0 Å². The molecule has 0 atom stereocenters. The Balaban J connectivity index is 1.29. The predicted molar refractivity (Wildman–Crippen MR) is 124 cm³/mol. The molecule has 0 N–H and O–H groups in total. The van der Waals surface area contributed by atoms with E-state index in [1.165, 1.54) is 80.0 Å². The van der Waals surface area contributed by atoms with E-state index >= 15 is 0 Å². The summed E-state index contributed by atoms with van der Waals surface area (Å²) in [5, 5.41) is 0. The van der Waals surface area contributed by atoms with Gasteiger partial charge in [-0.2, -0.15) is 0 Å². The van der Waals surface area contributed by atoms with Gasteiger partial charge < -0.3 is 0 Å². The third-order valence-electron chi connectivity index (χ3n) is 6.77. The lowest BCUT2D eigenvalue weighted by Crippen LogP contribution is -2.11. The zero-order valence-electron chi connectivity index (χ0n) is 17.3. The summed E-state index contributed by atoms with van der Waals surface area (Å²) in [6.45, 7) is 0. The van der Waals surface area contributed by atoms with Gasteiger partial charge in [0.1, 0.15) is 0 Å². The Labute approximate surface area is 175 Å². The second-order valence-electron chi connectivity index (χ2n) is 8.59. The third-order valence-corrected chi connectivity index (χ3v) is 6.77. The van der Waals surface area contributed by atoms with Crippen molar-refractivity contribution in [2.24, 2.45) is 0 Å². The number of allylic oxidation sites excluding steroid dienone is 1. The Bertz CT molecular complexity index is 1020. The number of rotatable bonds is 6. The van der Waals surface area contributed by atoms with Crippen LogP contribution in [0.5, 0.6) is 0 Å². The Morgan fingerprint density at radius 2 is 1.41 bits per heavy atom. The molecule has 146 valence electrons. The van der Waals surface area contributed by atoms with Crippen molar-refractivity contribution in [2.45, 2.75) is 57.8 Å². The van der Waals surface area contributed by atoms with Gasteiger partial charge in [0.2, 0.25) is 0 Å². The fourth-order valence-electron chi connectivity index (χ4n) is 5.27. The van der Waals surface area contributed by atoms with Gasteiger partial charge in [-0.1, -0.05) is 79.2 Å². The molecule has 0 saturated heterocycles. The first-order valence-corrected chi connectivity index (χ1v) is 11.4. The molecule has 2 aliphatic rings. The van der Waals surface area contributed by atoms with E-state index in [0.717, 1.165) is 0 Å². The summed E-state index contributed by atoms with van der Waals surface area (Å²) in [5.74, 6) is 0. The van der Waals surface area contributed by atoms with Crippen molar-refractivity contribution in [3.05, 3.63) is 100 Å². The first-order valence-electron chi connectivity index (χ1n) is 11.4. The van der Waals surface area contributed by atoms with Crippen molar-refractivity contribution in [1.29, 1.82) is 0 Å². The van der Waals surface area contributed by atoms with E-state index in [2.05, 4.69) is 72.8 Å². The van der Waals surface area contributed by atoms with Gasteiger partial charge in [0.15, 0.2) is 0 Å². The second kappa shape index (κ2) is 8.41. The first-order chi connectivity index (χ1) is 14.4. The van der Waals surface area contributed by atoms with Gasteiger partial charge in [0.25, 0.3) is 0 Å². The summed E-state index contributed by atoms with van der Waals surface area (Å²) in [6, 6.07) is 22.6. The topological polar surface area (TPSA) is 0 Å². The highest BCUT2D eigenvalue weighted by molar-refractivity contribution is 5.78. The SMILES string of the molecule is C1=Cc2ccc3c(c2CC1)CCc1c(CCCCCc2ccccc2)cccc1-3. The zero-order valence-corrected chi connectivity index (χ0v) is 17.3. The normalized spacial score (nSPS) is 14.2. The smallest absolute Gasteiger partial charge is 0.0146 e. The Morgan fingerprint density at radius 1 is 0.586 bits per heavy atom. The van der Waals surface area contributed by atoms with Crippen molar-refractivity contribution in [2.75, 3.05) is 0 Å². The Morgan fingerprint density at radius 3 is 2.34 bits per heavy atom. The van der Waals surface area contributed by atoms with Crippen LogP contribution < -0.4 is 0 Å². The minimum Gasteiger partial charge on any atom is -0.0836 e. The van der Waals surface area contributed by atoms with E-state index in [0.29, 0.717) is 0 Å². The highest BCUT2D eigenvalue weighted by Crippen LogP contribution is 2.39. The maximum atomic E-state index is 2.38. The summed E-state index contributed by atoms with van der Waals surface area (Å²) >= 11 is 0. The summed E-state index contributed by atoms with van der Waals surface area (Å²) in [6.07, 6.45) is 15.8. The number of benzene rings is 3. The number of unbranched alkanes of at least 4 members (excludes halogenated alkanes) is 2. The molecule has 0 aromatic heterocycles. The molecule has 29 heavy (non-hydrogen) atoms. The molecule has 0 nitrogen and oxygen atoms in total. The summed E-state index contributed by atoms with van der Waals surface area (Å²) in [5.41, 5.74) is 12.4. The lowest BCUT2D eigenvalue weighted by Gasteiger charge is -2.27. The van der Waals surface area contributed by atoms with E-state index in [1.54, 1.807) is 22.3 Å². The van der Waals surface area contributed by atoms with Crippen molar-refractivity contribution in [3.8, 4) is 11.1 Å². The van der Waals surface area contributed by atoms with E-state index in [4.69, 9.17) is 0 Å². The van der Waals surface area contributed by atoms with Crippen LogP contribution in [-0.2, 0) is 32.1 Å². The second-order valence-corrected chi connectivity index (χ2v) is 8.59. The van der Waals surface area contributed by atoms with Crippen molar-refractivity contribution in [3.63, 3.8) is 0 Å². The van der Waals surface area contributed by atoms with Gasteiger partial charge in [-0.25, -0.2) is 0 Å². The van der Waals surface area contributed by atoms with Crippen LogP contribution in [0.2, 0.25) is 0 Å². The molecule has 0 radical (unpaired) electrons. The summed E-state index contributed by atoms with van der Waals surface area (Å²) < 4.78 is 0. The molecule has 5 rings (SSSR count). The highest BCUT2D eigenvalue weighted by atomic mass is 14.3. The standard InChI is InChI=1S/C29H30/c1-3-10-22(11-4-1)12-5-2-6-13-23-15-9-17-27-26(23)20-21-28-25-16-8-7-14-24(25)18-19-29(27)28/h1,3-4,7,9-11,14-15,17-19H,2,5-6,8,12-13,16,20-21H2.